The molecule has 0 aliphatic rings. The first kappa shape index (κ1) is 17.4. The Balaban J connectivity index is 1.52. The monoisotopic (exact) mass is 371 g/mol. The fourth-order valence-corrected chi connectivity index (χ4v) is 2.71. The molecular weight excluding hydrogens is 354 g/mol. The van der Waals surface area contributed by atoms with Gasteiger partial charge in [-0.1, -0.05) is 0 Å². The first-order chi connectivity index (χ1) is 13.6. The Hall–Kier alpha value is -4.00. The highest BCUT2D eigenvalue weighted by Crippen LogP contribution is 2.29. The van der Waals surface area contributed by atoms with Gasteiger partial charge in [-0.2, -0.15) is 0 Å². The smallest absolute Gasteiger partial charge is 0.258 e. The Morgan fingerprint density at radius 1 is 1.00 bits per heavy atom. The standard InChI is InChI=1S/C21H17N5O2/c1-13-6-8-24-19(10-13)26-21(27)14-2-5-20(25-12-14)28-18-7-9-23-17-4-3-15(22)11-16(17)18/h2-12H,22H2,1H3,(H,24,26,27). The number of anilines is 2. The molecule has 1 aromatic carbocycles. The van der Waals surface area contributed by atoms with Crippen molar-refractivity contribution in [2.45, 2.75) is 6.92 Å². The van der Waals surface area contributed by atoms with Gasteiger partial charge in [-0.05, 0) is 55.0 Å². The minimum Gasteiger partial charge on any atom is -0.438 e. The molecule has 0 radical (unpaired) electrons. The average Bonchev–Trinajstić information content (AvgIpc) is 2.69. The highest BCUT2D eigenvalue weighted by atomic mass is 16.5. The van der Waals surface area contributed by atoms with Gasteiger partial charge in [0.15, 0.2) is 0 Å². The number of carbonyl (C=O) groups is 1. The Kier molecular flexibility index (Phi) is 4.55. The van der Waals surface area contributed by atoms with E-state index in [4.69, 9.17) is 10.5 Å². The molecule has 3 aromatic heterocycles. The number of aromatic nitrogens is 3. The molecule has 0 aliphatic carbocycles. The summed E-state index contributed by atoms with van der Waals surface area (Å²) in [5.74, 6) is 1.15. The molecule has 28 heavy (non-hydrogen) atoms. The van der Waals surface area contributed by atoms with Crippen LogP contribution in [0.3, 0.4) is 0 Å². The van der Waals surface area contributed by atoms with Crippen molar-refractivity contribution in [1.29, 1.82) is 0 Å². The molecule has 0 unspecified atom stereocenters. The number of aryl methyl sites for hydroxylation is 1. The summed E-state index contributed by atoms with van der Waals surface area (Å²) < 4.78 is 5.86. The molecule has 1 amide bonds. The van der Waals surface area contributed by atoms with Crippen molar-refractivity contribution in [3.63, 3.8) is 0 Å². The molecule has 0 saturated heterocycles. The van der Waals surface area contributed by atoms with E-state index < -0.39 is 0 Å². The summed E-state index contributed by atoms with van der Waals surface area (Å²) in [6, 6.07) is 14.1. The van der Waals surface area contributed by atoms with Crippen LogP contribution >= 0.6 is 0 Å². The number of carbonyl (C=O) groups excluding carboxylic acids is 1. The van der Waals surface area contributed by atoms with Gasteiger partial charge in [0.1, 0.15) is 11.6 Å². The van der Waals surface area contributed by atoms with Crippen LogP contribution in [0.4, 0.5) is 11.5 Å². The molecule has 7 heteroatoms. The van der Waals surface area contributed by atoms with E-state index in [0.29, 0.717) is 28.7 Å². The number of nitrogens with two attached hydrogens (primary N) is 1. The quantitative estimate of drug-likeness (QED) is 0.526. The normalized spacial score (nSPS) is 10.6. The number of hydrogen-bond acceptors (Lipinski definition) is 6. The number of amides is 1. The molecule has 7 nitrogen and oxygen atoms in total. The van der Waals surface area contributed by atoms with Crippen molar-refractivity contribution >= 4 is 28.3 Å². The van der Waals surface area contributed by atoms with Crippen molar-refractivity contribution in [3.8, 4) is 11.6 Å². The Labute approximate surface area is 161 Å². The lowest BCUT2D eigenvalue weighted by atomic mass is 10.2. The lowest BCUT2D eigenvalue weighted by molar-refractivity contribution is 0.102. The Morgan fingerprint density at radius 2 is 1.86 bits per heavy atom. The van der Waals surface area contributed by atoms with Gasteiger partial charge in [0, 0.05) is 35.7 Å². The lowest BCUT2D eigenvalue weighted by Crippen LogP contribution is -2.13. The number of nitrogen functional groups attached to an aromatic ring is 1. The zero-order valence-electron chi connectivity index (χ0n) is 15.1. The van der Waals surface area contributed by atoms with Crippen LogP contribution in [0.25, 0.3) is 10.9 Å². The third kappa shape index (κ3) is 3.73. The van der Waals surface area contributed by atoms with Gasteiger partial charge < -0.3 is 15.8 Å². The van der Waals surface area contributed by atoms with Crippen molar-refractivity contribution < 1.29 is 9.53 Å². The maximum Gasteiger partial charge on any atom is 0.258 e. The van der Waals surface area contributed by atoms with Crippen LogP contribution in [-0.4, -0.2) is 20.9 Å². The number of benzene rings is 1. The predicted octanol–water partition coefficient (Wildman–Crippen LogP) is 3.96. The van der Waals surface area contributed by atoms with E-state index in [2.05, 4.69) is 20.3 Å². The second kappa shape index (κ2) is 7.32. The molecule has 0 atom stereocenters. The highest BCUT2D eigenvalue weighted by Gasteiger charge is 2.10. The molecular formula is C21H17N5O2. The predicted molar refractivity (Wildman–Crippen MR) is 107 cm³/mol. The average molecular weight is 371 g/mol. The van der Waals surface area contributed by atoms with Crippen molar-refractivity contribution in [3.05, 3.63) is 78.2 Å². The summed E-state index contributed by atoms with van der Waals surface area (Å²) in [6.07, 6.45) is 4.76. The number of nitrogens with zero attached hydrogens (tertiary/aromatic N) is 3. The Morgan fingerprint density at radius 3 is 2.64 bits per heavy atom. The SMILES string of the molecule is Cc1ccnc(NC(=O)c2ccc(Oc3ccnc4ccc(N)cc34)nc2)c1. The number of hydrogen-bond donors (Lipinski definition) is 2. The van der Waals surface area contributed by atoms with Crippen LogP contribution in [0.15, 0.2) is 67.1 Å². The summed E-state index contributed by atoms with van der Waals surface area (Å²) in [5.41, 5.74) is 8.67. The molecule has 4 rings (SSSR count). The van der Waals surface area contributed by atoms with Gasteiger partial charge in [0.05, 0.1) is 11.1 Å². The third-order valence-corrected chi connectivity index (χ3v) is 4.10. The number of nitrogens with one attached hydrogen (secondary N) is 1. The second-order valence-corrected chi connectivity index (χ2v) is 6.25. The van der Waals surface area contributed by atoms with E-state index >= 15 is 0 Å². The van der Waals surface area contributed by atoms with Crippen molar-refractivity contribution in [2.24, 2.45) is 0 Å². The van der Waals surface area contributed by atoms with Crippen LogP contribution in [-0.2, 0) is 0 Å². The Bertz CT molecular complexity index is 1160. The zero-order chi connectivity index (χ0) is 19.5. The minimum atomic E-state index is -0.292. The number of ether oxygens (including phenoxy) is 1. The lowest BCUT2D eigenvalue weighted by Gasteiger charge is -2.09. The largest absolute Gasteiger partial charge is 0.438 e. The topological polar surface area (TPSA) is 103 Å². The van der Waals surface area contributed by atoms with Crippen molar-refractivity contribution in [1.82, 2.24) is 15.0 Å². The zero-order valence-corrected chi connectivity index (χ0v) is 15.1. The maximum atomic E-state index is 12.4. The highest BCUT2D eigenvalue weighted by molar-refractivity contribution is 6.03. The first-order valence-electron chi connectivity index (χ1n) is 8.61. The molecule has 0 aliphatic heterocycles. The van der Waals surface area contributed by atoms with Gasteiger partial charge in [0.2, 0.25) is 5.88 Å². The summed E-state index contributed by atoms with van der Waals surface area (Å²) in [6.45, 7) is 1.93. The van der Waals surface area contributed by atoms with Gasteiger partial charge in [0.25, 0.3) is 5.91 Å². The molecule has 0 fully saturated rings. The molecule has 3 heterocycles. The summed E-state index contributed by atoms with van der Waals surface area (Å²) >= 11 is 0. The fraction of sp³-hybridized carbons (Fsp3) is 0.0476. The maximum absolute atomic E-state index is 12.4. The van der Waals surface area contributed by atoms with Gasteiger partial charge in [-0.15, -0.1) is 0 Å². The van der Waals surface area contributed by atoms with E-state index in [1.165, 1.54) is 6.20 Å². The van der Waals surface area contributed by atoms with Gasteiger partial charge in [-0.25, -0.2) is 9.97 Å². The van der Waals surface area contributed by atoms with E-state index in [1.54, 1.807) is 48.8 Å². The van der Waals surface area contributed by atoms with E-state index in [0.717, 1.165) is 16.5 Å². The summed E-state index contributed by atoms with van der Waals surface area (Å²) in [4.78, 5) is 25.0. The van der Waals surface area contributed by atoms with E-state index in [1.807, 2.05) is 19.1 Å². The molecule has 0 bridgehead atoms. The van der Waals surface area contributed by atoms with Crippen LogP contribution < -0.4 is 15.8 Å². The molecule has 0 saturated carbocycles. The summed E-state index contributed by atoms with van der Waals surface area (Å²) in [7, 11) is 0. The second-order valence-electron chi connectivity index (χ2n) is 6.25. The first-order valence-corrected chi connectivity index (χ1v) is 8.61. The number of fused-ring (bicyclic) bond motifs is 1. The van der Waals surface area contributed by atoms with E-state index in [9.17, 15) is 4.79 Å². The fourth-order valence-electron chi connectivity index (χ4n) is 2.71. The van der Waals surface area contributed by atoms with Gasteiger partial charge in [-0.3, -0.25) is 9.78 Å². The molecule has 138 valence electrons. The minimum absolute atomic E-state index is 0.292. The molecule has 3 N–H and O–H groups in total. The van der Waals surface area contributed by atoms with Crippen LogP contribution in [0.5, 0.6) is 11.6 Å². The third-order valence-electron chi connectivity index (χ3n) is 4.10. The van der Waals surface area contributed by atoms with Crippen LogP contribution in [0, 0.1) is 6.92 Å². The number of rotatable bonds is 4. The number of pyridine rings is 3. The van der Waals surface area contributed by atoms with Crippen LogP contribution in [0.2, 0.25) is 0 Å². The van der Waals surface area contributed by atoms with Crippen molar-refractivity contribution in [2.75, 3.05) is 11.1 Å². The molecule has 0 spiro atoms. The van der Waals surface area contributed by atoms with Crippen LogP contribution in [0.1, 0.15) is 15.9 Å². The van der Waals surface area contributed by atoms with E-state index in [-0.39, 0.29) is 5.91 Å². The van der Waals surface area contributed by atoms with Gasteiger partial charge >= 0.3 is 0 Å². The summed E-state index contributed by atoms with van der Waals surface area (Å²) in [5, 5.41) is 3.53. The molecule has 4 aromatic rings.